The van der Waals surface area contributed by atoms with Crippen LogP contribution in [-0.4, -0.2) is 6.04 Å². The topological polar surface area (TPSA) is 3.24 Å². The highest BCUT2D eigenvalue weighted by molar-refractivity contribution is 8.69. The number of rotatable bonds is 4. The molecule has 0 unspecified atom stereocenters. The van der Waals surface area contributed by atoms with Gasteiger partial charge in [0.25, 0.3) is 0 Å². The molecule has 1 saturated carbocycles. The van der Waals surface area contributed by atoms with Crippen molar-refractivity contribution < 1.29 is 0 Å². The fourth-order valence-electron chi connectivity index (χ4n) is 2.29. The van der Waals surface area contributed by atoms with Gasteiger partial charge in [-0.05, 0) is 37.1 Å². The molecule has 1 aliphatic rings. The summed E-state index contributed by atoms with van der Waals surface area (Å²) < 4.78 is 2.34. The van der Waals surface area contributed by atoms with Gasteiger partial charge < -0.3 is 4.31 Å². The van der Waals surface area contributed by atoms with Crippen molar-refractivity contribution in [2.75, 3.05) is 4.31 Å². The fourth-order valence-corrected chi connectivity index (χ4v) is 4.16. The Hall–Kier alpha value is 0.420. The van der Waals surface area contributed by atoms with Gasteiger partial charge >= 0.3 is 0 Å². The maximum absolute atomic E-state index is 4.41. The first-order chi connectivity index (χ1) is 8.35. The summed E-state index contributed by atoms with van der Waals surface area (Å²) >= 11 is 8.61. The summed E-state index contributed by atoms with van der Waals surface area (Å²) in [5.74, 6) is 0. The third kappa shape index (κ3) is 3.69. The largest absolute Gasteiger partial charge is 0.304 e. The minimum Gasteiger partial charge on any atom is -0.304 e. The summed E-state index contributed by atoms with van der Waals surface area (Å²) in [5, 5.41) is 0. The first kappa shape index (κ1) is 13.8. The minimum atomic E-state index is 0.640. The van der Waals surface area contributed by atoms with E-state index in [0.29, 0.717) is 6.04 Å². The lowest BCUT2D eigenvalue weighted by Gasteiger charge is -2.33. The summed E-state index contributed by atoms with van der Waals surface area (Å²) in [5.41, 5.74) is 1.25. The van der Waals surface area contributed by atoms with Gasteiger partial charge in [0, 0.05) is 27.6 Å². The third-order valence-corrected chi connectivity index (χ3v) is 5.52. The zero-order valence-corrected chi connectivity index (χ0v) is 13.0. The molecule has 1 nitrogen and oxygen atoms in total. The Kier molecular flexibility index (Phi) is 5.80. The van der Waals surface area contributed by atoms with E-state index in [1.54, 1.807) is 11.0 Å². The lowest BCUT2D eigenvalue weighted by molar-refractivity contribution is 0.447. The van der Waals surface area contributed by atoms with E-state index < -0.39 is 0 Å². The molecule has 5 heteroatoms. The smallest absolute Gasteiger partial charge is 0.0481 e. The van der Waals surface area contributed by atoms with Gasteiger partial charge in [-0.2, -0.15) is 0 Å². The fraction of sp³-hybridized carbons (Fsp3) is 0.500. The second-order valence-corrected chi connectivity index (χ2v) is 6.53. The van der Waals surface area contributed by atoms with Crippen LogP contribution >= 0.6 is 45.1 Å². The molecule has 17 heavy (non-hydrogen) atoms. The number of nitrogens with zero attached hydrogens (tertiary/aromatic N) is 1. The second-order valence-electron chi connectivity index (χ2n) is 4.28. The Morgan fingerprint density at radius 3 is 2.18 bits per heavy atom. The average molecular weight is 304 g/mol. The van der Waals surface area contributed by atoms with Gasteiger partial charge in [0.15, 0.2) is 0 Å². The van der Waals surface area contributed by atoms with Crippen LogP contribution < -0.4 is 4.31 Å². The van der Waals surface area contributed by atoms with Crippen LogP contribution in [0.4, 0.5) is 5.69 Å². The van der Waals surface area contributed by atoms with E-state index >= 15 is 0 Å². The van der Waals surface area contributed by atoms with Crippen molar-refractivity contribution in [3.63, 3.8) is 0 Å². The first-order valence-electron chi connectivity index (χ1n) is 5.87. The third-order valence-electron chi connectivity index (χ3n) is 3.19. The quantitative estimate of drug-likeness (QED) is 0.444. The molecule has 1 fully saturated rings. The molecule has 0 aromatic heterocycles. The van der Waals surface area contributed by atoms with Crippen LogP contribution in [0.5, 0.6) is 0 Å². The predicted molar refractivity (Wildman–Crippen MR) is 87.2 cm³/mol. The van der Waals surface area contributed by atoms with Crippen molar-refractivity contribution in [1.29, 1.82) is 0 Å². The van der Waals surface area contributed by atoms with Crippen molar-refractivity contribution in [2.24, 2.45) is 0 Å². The van der Waals surface area contributed by atoms with E-state index in [-0.39, 0.29) is 0 Å². The van der Waals surface area contributed by atoms with Crippen LogP contribution in [0.1, 0.15) is 32.1 Å². The van der Waals surface area contributed by atoms with Gasteiger partial charge in [-0.1, -0.05) is 41.7 Å². The van der Waals surface area contributed by atoms with Crippen molar-refractivity contribution in [3.8, 4) is 0 Å². The standard InChI is InChI=1S/C12H17NS4/c14-16-12-8-6-11(7-9-12)13(17-15)10-4-2-1-3-5-10/h6-10,14-15H,1-5H2. The average Bonchev–Trinajstić information content (AvgIpc) is 2.42. The first-order valence-corrected chi connectivity index (χ1v) is 9.57. The lowest BCUT2D eigenvalue weighted by Crippen LogP contribution is -2.30. The monoisotopic (exact) mass is 303 g/mol. The summed E-state index contributed by atoms with van der Waals surface area (Å²) in [4.78, 5) is 1.19. The Morgan fingerprint density at radius 1 is 1.00 bits per heavy atom. The van der Waals surface area contributed by atoms with Crippen LogP contribution in [0.15, 0.2) is 29.2 Å². The zero-order valence-electron chi connectivity index (χ0n) is 9.58. The molecule has 0 N–H and O–H groups in total. The molecule has 0 bridgehead atoms. The Bertz CT molecular complexity index is 335. The molecule has 1 aromatic rings. The molecule has 0 aliphatic heterocycles. The molecule has 0 radical (unpaired) electrons. The molecule has 94 valence electrons. The normalized spacial score (nSPS) is 17.1. The van der Waals surface area contributed by atoms with Gasteiger partial charge in [-0.25, -0.2) is 0 Å². The zero-order chi connectivity index (χ0) is 12.1. The summed E-state index contributed by atoms with van der Waals surface area (Å²) in [6.07, 6.45) is 6.66. The van der Waals surface area contributed by atoms with Gasteiger partial charge in [-0.3, -0.25) is 0 Å². The van der Waals surface area contributed by atoms with Crippen molar-refractivity contribution in [2.45, 2.75) is 43.0 Å². The van der Waals surface area contributed by atoms with Gasteiger partial charge in [0.1, 0.15) is 0 Å². The highest BCUT2D eigenvalue weighted by Crippen LogP contribution is 2.35. The van der Waals surface area contributed by atoms with E-state index in [9.17, 15) is 0 Å². The van der Waals surface area contributed by atoms with Crippen LogP contribution in [0.3, 0.4) is 0 Å². The molecular weight excluding hydrogens is 286 g/mol. The Morgan fingerprint density at radius 2 is 1.65 bits per heavy atom. The molecule has 0 spiro atoms. The van der Waals surface area contributed by atoms with Gasteiger partial charge in [0.2, 0.25) is 0 Å². The molecule has 0 atom stereocenters. The highest BCUT2D eigenvalue weighted by Gasteiger charge is 2.21. The van der Waals surface area contributed by atoms with E-state index in [4.69, 9.17) is 0 Å². The van der Waals surface area contributed by atoms with E-state index in [2.05, 4.69) is 51.9 Å². The number of benzene rings is 1. The van der Waals surface area contributed by atoms with Crippen molar-refractivity contribution >= 4 is 50.8 Å². The number of anilines is 1. The molecule has 1 aromatic carbocycles. The molecule has 0 saturated heterocycles. The highest BCUT2D eigenvalue weighted by atomic mass is 33.1. The maximum atomic E-state index is 4.41. The van der Waals surface area contributed by atoms with E-state index in [1.165, 1.54) is 53.5 Å². The van der Waals surface area contributed by atoms with E-state index in [1.807, 2.05) is 0 Å². The van der Waals surface area contributed by atoms with Gasteiger partial charge in [-0.15, -0.1) is 11.7 Å². The SMILES string of the molecule is SSc1ccc(N(SS)C2CCCCC2)cc1. The summed E-state index contributed by atoms with van der Waals surface area (Å²) in [6, 6.07) is 9.20. The number of hydrogen-bond donors (Lipinski definition) is 2. The van der Waals surface area contributed by atoms with Crippen LogP contribution in [0.25, 0.3) is 0 Å². The predicted octanol–water partition coefficient (Wildman–Crippen LogP) is 5.26. The minimum absolute atomic E-state index is 0.640. The molecular formula is C12H17NS4. The van der Waals surface area contributed by atoms with Crippen LogP contribution in [-0.2, 0) is 0 Å². The number of hydrogen-bond acceptors (Lipinski definition) is 5. The number of thiol groups is 2. The Labute approximate surface area is 122 Å². The van der Waals surface area contributed by atoms with Crippen molar-refractivity contribution in [3.05, 3.63) is 24.3 Å². The Balaban J connectivity index is 2.10. The van der Waals surface area contributed by atoms with Crippen LogP contribution in [0, 0.1) is 0 Å². The van der Waals surface area contributed by atoms with Crippen molar-refractivity contribution in [1.82, 2.24) is 0 Å². The molecule has 1 aliphatic carbocycles. The summed E-state index contributed by atoms with van der Waals surface area (Å²) in [6.45, 7) is 0. The maximum Gasteiger partial charge on any atom is 0.0481 e. The molecule has 0 amide bonds. The second kappa shape index (κ2) is 7.12. The molecule has 2 rings (SSSR count). The van der Waals surface area contributed by atoms with Crippen LogP contribution in [0.2, 0.25) is 0 Å². The molecule has 0 heterocycles. The van der Waals surface area contributed by atoms with E-state index in [0.717, 1.165) is 0 Å². The lowest BCUT2D eigenvalue weighted by atomic mass is 9.95. The summed E-state index contributed by atoms with van der Waals surface area (Å²) in [7, 11) is 3.03. The van der Waals surface area contributed by atoms with Gasteiger partial charge in [0.05, 0.1) is 0 Å².